The molecule has 0 aliphatic heterocycles. The topological polar surface area (TPSA) is 76.4 Å². The Morgan fingerprint density at radius 3 is 2.25 bits per heavy atom. The van der Waals surface area contributed by atoms with E-state index in [1.165, 1.54) is 13.2 Å². The number of rotatable bonds is 6. The molecule has 0 aliphatic rings. The third-order valence-corrected chi connectivity index (χ3v) is 3.20. The number of ether oxygens (including phenoxy) is 2. The van der Waals surface area contributed by atoms with E-state index in [0.717, 1.165) is 5.56 Å². The molecule has 0 amide bonds. The van der Waals surface area contributed by atoms with Crippen LogP contribution in [-0.2, 0) is 4.74 Å². The number of esters is 1. The second kappa shape index (κ2) is 8.30. The number of carbonyl (C=O) groups excluding carboxylic acids is 2. The lowest BCUT2D eigenvalue weighted by atomic mass is 10.1. The average molecular weight is 321 g/mol. The zero-order chi connectivity index (χ0) is 17.4. The average Bonchev–Trinajstić information content (AvgIpc) is 2.64. The van der Waals surface area contributed by atoms with Crippen LogP contribution in [0.5, 0.6) is 5.75 Å². The van der Waals surface area contributed by atoms with E-state index in [4.69, 9.17) is 10.00 Å². The van der Waals surface area contributed by atoms with Crippen molar-refractivity contribution in [3.8, 4) is 11.8 Å². The highest BCUT2D eigenvalue weighted by atomic mass is 16.5. The molecule has 0 atom stereocenters. The summed E-state index contributed by atoms with van der Waals surface area (Å²) in [4.78, 5) is 23.5. The van der Waals surface area contributed by atoms with E-state index in [1.54, 1.807) is 54.6 Å². The second-order valence-corrected chi connectivity index (χ2v) is 4.78. The molecule has 0 radical (unpaired) electrons. The van der Waals surface area contributed by atoms with Crippen molar-refractivity contribution in [2.75, 3.05) is 13.7 Å². The second-order valence-electron chi connectivity index (χ2n) is 4.78. The van der Waals surface area contributed by atoms with E-state index < -0.39 is 5.97 Å². The summed E-state index contributed by atoms with van der Waals surface area (Å²) in [5.74, 6) is -0.0188. The number of allylic oxidation sites excluding steroid dienone is 1. The van der Waals surface area contributed by atoms with Gasteiger partial charge in [0.15, 0.2) is 12.4 Å². The molecule has 0 aromatic heterocycles. The highest BCUT2D eigenvalue weighted by molar-refractivity contribution is 6.06. The first-order chi connectivity index (χ1) is 11.6. The number of nitrogens with zero attached hydrogens (tertiary/aromatic N) is 1. The van der Waals surface area contributed by atoms with Gasteiger partial charge in [-0.25, -0.2) is 4.79 Å². The Balaban J connectivity index is 2.02. The van der Waals surface area contributed by atoms with Crippen LogP contribution in [0, 0.1) is 11.3 Å². The minimum Gasteiger partial charge on any atom is -0.479 e. The van der Waals surface area contributed by atoms with Crippen molar-refractivity contribution in [2.45, 2.75) is 0 Å². The smallest absolute Gasteiger partial charge is 0.337 e. The molecular weight excluding hydrogens is 306 g/mol. The first-order valence-electron chi connectivity index (χ1n) is 7.14. The Labute approximate surface area is 139 Å². The molecule has 0 fully saturated rings. The lowest BCUT2D eigenvalue weighted by Crippen LogP contribution is -2.00. The predicted octanol–water partition coefficient (Wildman–Crippen LogP) is 3.27. The summed E-state index contributed by atoms with van der Waals surface area (Å²) in [5.41, 5.74) is 1.76. The van der Waals surface area contributed by atoms with Gasteiger partial charge in [0.05, 0.1) is 12.7 Å². The Kier molecular flexibility index (Phi) is 5.87. The number of methoxy groups -OCH3 is 1. The van der Waals surface area contributed by atoms with E-state index in [-0.39, 0.29) is 12.4 Å². The van der Waals surface area contributed by atoms with Crippen LogP contribution in [0.1, 0.15) is 26.3 Å². The van der Waals surface area contributed by atoms with Gasteiger partial charge in [-0.1, -0.05) is 18.2 Å². The van der Waals surface area contributed by atoms with Crippen LogP contribution in [0.4, 0.5) is 0 Å². The molecule has 120 valence electrons. The number of benzene rings is 2. The molecule has 0 N–H and O–H groups in total. The first kappa shape index (κ1) is 17.0. The van der Waals surface area contributed by atoms with Gasteiger partial charge in [-0.05, 0) is 48.0 Å². The van der Waals surface area contributed by atoms with Crippen LogP contribution >= 0.6 is 0 Å². The molecule has 0 spiro atoms. The van der Waals surface area contributed by atoms with Crippen LogP contribution in [0.15, 0.2) is 54.6 Å². The molecule has 2 rings (SSSR count). The summed E-state index contributed by atoms with van der Waals surface area (Å²) in [6.07, 6.45) is 3.13. The minimum absolute atomic E-state index is 0.0330. The van der Waals surface area contributed by atoms with E-state index in [2.05, 4.69) is 4.74 Å². The van der Waals surface area contributed by atoms with E-state index in [9.17, 15) is 9.59 Å². The van der Waals surface area contributed by atoms with Gasteiger partial charge in [-0.15, -0.1) is 0 Å². The van der Waals surface area contributed by atoms with Crippen LogP contribution in [0.2, 0.25) is 0 Å². The lowest BCUT2D eigenvalue weighted by Gasteiger charge is -2.02. The molecule has 2 aromatic carbocycles. The Morgan fingerprint density at radius 1 is 1.04 bits per heavy atom. The number of hydrogen-bond donors (Lipinski definition) is 0. The van der Waals surface area contributed by atoms with E-state index in [0.29, 0.717) is 16.9 Å². The Morgan fingerprint density at radius 2 is 1.67 bits per heavy atom. The molecular formula is C19H15NO4. The molecule has 0 aliphatic carbocycles. The van der Waals surface area contributed by atoms with E-state index in [1.807, 2.05) is 6.07 Å². The van der Waals surface area contributed by atoms with Crippen molar-refractivity contribution in [1.82, 2.24) is 0 Å². The highest BCUT2D eigenvalue weighted by Crippen LogP contribution is 2.14. The third-order valence-electron chi connectivity index (χ3n) is 3.20. The van der Waals surface area contributed by atoms with Gasteiger partial charge in [0.25, 0.3) is 0 Å². The van der Waals surface area contributed by atoms with Gasteiger partial charge in [-0.2, -0.15) is 5.26 Å². The van der Waals surface area contributed by atoms with Crippen molar-refractivity contribution in [2.24, 2.45) is 0 Å². The zero-order valence-electron chi connectivity index (χ0n) is 13.1. The standard InChI is InChI=1S/C19H15NO4/c1-23-19(22)16-5-2-14(3-6-16)4-11-18(21)15-7-9-17(10-8-15)24-13-12-20/h2-11H,13H2,1H3. The molecule has 0 saturated heterocycles. The van der Waals surface area contributed by atoms with Gasteiger partial charge in [0, 0.05) is 5.56 Å². The summed E-state index contributed by atoms with van der Waals surface area (Å²) in [6.45, 7) is -0.0330. The Hall–Kier alpha value is -3.39. The summed E-state index contributed by atoms with van der Waals surface area (Å²) in [6, 6.07) is 15.2. The monoisotopic (exact) mass is 321 g/mol. The molecule has 5 nitrogen and oxygen atoms in total. The van der Waals surface area contributed by atoms with Crippen LogP contribution < -0.4 is 4.74 Å². The molecule has 0 saturated carbocycles. The number of carbonyl (C=O) groups is 2. The lowest BCUT2D eigenvalue weighted by molar-refractivity contribution is 0.0600. The molecule has 5 heteroatoms. The molecule has 0 heterocycles. The fourth-order valence-electron chi connectivity index (χ4n) is 1.95. The van der Waals surface area contributed by atoms with Gasteiger partial charge < -0.3 is 9.47 Å². The summed E-state index contributed by atoms with van der Waals surface area (Å²) in [7, 11) is 1.32. The van der Waals surface area contributed by atoms with Crippen molar-refractivity contribution in [3.63, 3.8) is 0 Å². The fourth-order valence-corrected chi connectivity index (χ4v) is 1.95. The van der Waals surface area contributed by atoms with Crippen molar-refractivity contribution < 1.29 is 19.1 Å². The van der Waals surface area contributed by atoms with Crippen LogP contribution in [0.25, 0.3) is 6.08 Å². The minimum atomic E-state index is -0.402. The summed E-state index contributed by atoms with van der Waals surface area (Å²) < 4.78 is 9.76. The largest absolute Gasteiger partial charge is 0.479 e. The SMILES string of the molecule is COC(=O)c1ccc(C=CC(=O)c2ccc(OCC#N)cc2)cc1. The zero-order valence-corrected chi connectivity index (χ0v) is 13.1. The molecule has 2 aromatic rings. The van der Waals surface area contributed by atoms with Crippen molar-refractivity contribution in [3.05, 3.63) is 71.3 Å². The van der Waals surface area contributed by atoms with Gasteiger partial charge in [0.1, 0.15) is 11.8 Å². The molecule has 0 unspecified atom stereocenters. The quantitative estimate of drug-likeness (QED) is 0.463. The predicted molar refractivity (Wildman–Crippen MR) is 88.7 cm³/mol. The summed E-state index contributed by atoms with van der Waals surface area (Å²) >= 11 is 0. The maximum absolute atomic E-state index is 12.1. The fraction of sp³-hybridized carbons (Fsp3) is 0.105. The van der Waals surface area contributed by atoms with Gasteiger partial charge >= 0.3 is 5.97 Å². The summed E-state index contributed by atoms with van der Waals surface area (Å²) in [5, 5.41) is 8.45. The highest BCUT2D eigenvalue weighted by Gasteiger charge is 2.04. The first-order valence-corrected chi connectivity index (χ1v) is 7.14. The third kappa shape index (κ3) is 4.55. The Bertz CT molecular complexity index is 784. The van der Waals surface area contributed by atoms with Crippen LogP contribution in [0.3, 0.4) is 0 Å². The maximum Gasteiger partial charge on any atom is 0.337 e. The molecule has 24 heavy (non-hydrogen) atoms. The maximum atomic E-state index is 12.1. The molecule has 0 bridgehead atoms. The van der Waals surface area contributed by atoms with E-state index >= 15 is 0 Å². The number of nitriles is 1. The van der Waals surface area contributed by atoms with Gasteiger partial charge in [0.2, 0.25) is 0 Å². The normalized spacial score (nSPS) is 10.2. The van der Waals surface area contributed by atoms with Crippen LogP contribution in [-0.4, -0.2) is 25.5 Å². The van der Waals surface area contributed by atoms with Crippen molar-refractivity contribution in [1.29, 1.82) is 5.26 Å². The number of hydrogen-bond acceptors (Lipinski definition) is 5. The van der Waals surface area contributed by atoms with Gasteiger partial charge in [-0.3, -0.25) is 4.79 Å². The van der Waals surface area contributed by atoms with Crippen molar-refractivity contribution >= 4 is 17.8 Å². The number of ketones is 1.